The second kappa shape index (κ2) is 7.74. The summed E-state index contributed by atoms with van der Waals surface area (Å²) in [7, 11) is 0. The van der Waals surface area contributed by atoms with Gasteiger partial charge in [-0.3, -0.25) is 0 Å². The lowest BCUT2D eigenvalue weighted by Crippen LogP contribution is -2.41. The van der Waals surface area contributed by atoms with Gasteiger partial charge in [-0.15, -0.1) is 0 Å². The molecule has 0 spiro atoms. The molecule has 0 bridgehead atoms. The molecule has 2 unspecified atom stereocenters. The quantitative estimate of drug-likeness (QED) is 0.739. The van der Waals surface area contributed by atoms with Crippen LogP contribution in [0.15, 0.2) is 24.3 Å². The van der Waals surface area contributed by atoms with Gasteiger partial charge in [-0.25, -0.2) is 9.18 Å². The fourth-order valence-corrected chi connectivity index (χ4v) is 1.55. The van der Waals surface area contributed by atoms with E-state index in [4.69, 9.17) is 0 Å². The van der Waals surface area contributed by atoms with Crippen molar-refractivity contribution >= 4 is 6.03 Å². The minimum Gasteiger partial charge on any atom is -0.391 e. The Bertz CT molecular complexity index is 412. The number of carbonyl (C=O) groups is 1. The van der Waals surface area contributed by atoms with Crippen LogP contribution >= 0.6 is 0 Å². The molecule has 0 aliphatic carbocycles. The number of aliphatic hydroxyl groups excluding tert-OH is 1. The Kier molecular flexibility index (Phi) is 6.29. The Morgan fingerprint density at radius 3 is 2.68 bits per heavy atom. The topological polar surface area (TPSA) is 61.4 Å². The van der Waals surface area contributed by atoms with E-state index in [1.165, 1.54) is 6.07 Å². The SMILES string of the molecule is CCC(C)C(O)CNC(=O)NCc1ccccc1F. The van der Waals surface area contributed by atoms with Gasteiger partial charge in [0, 0.05) is 18.7 Å². The van der Waals surface area contributed by atoms with Crippen molar-refractivity contribution in [1.29, 1.82) is 0 Å². The molecule has 1 aromatic rings. The highest BCUT2D eigenvalue weighted by Gasteiger charge is 2.13. The van der Waals surface area contributed by atoms with Crippen molar-refractivity contribution in [2.45, 2.75) is 32.9 Å². The molecular weight excluding hydrogens is 247 g/mol. The molecule has 0 fully saturated rings. The number of nitrogens with one attached hydrogen (secondary N) is 2. The van der Waals surface area contributed by atoms with E-state index in [0.29, 0.717) is 5.56 Å². The average Bonchev–Trinajstić information content (AvgIpc) is 2.42. The number of hydrogen-bond donors (Lipinski definition) is 3. The molecule has 0 saturated heterocycles. The Balaban J connectivity index is 2.31. The molecule has 19 heavy (non-hydrogen) atoms. The van der Waals surface area contributed by atoms with E-state index in [-0.39, 0.29) is 24.8 Å². The number of hydrogen-bond acceptors (Lipinski definition) is 2. The van der Waals surface area contributed by atoms with E-state index in [9.17, 15) is 14.3 Å². The largest absolute Gasteiger partial charge is 0.391 e. The highest BCUT2D eigenvalue weighted by molar-refractivity contribution is 5.73. The van der Waals surface area contributed by atoms with E-state index in [0.717, 1.165) is 6.42 Å². The number of amides is 2. The van der Waals surface area contributed by atoms with Gasteiger partial charge in [-0.1, -0.05) is 38.5 Å². The summed E-state index contributed by atoms with van der Waals surface area (Å²) in [6.07, 6.45) is 0.281. The van der Waals surface area contributed by atoms with Gasteiger partial charge in [0.15, 0.2) is 0 Å². The van der Waals surface area contributed by atoms with Crippen LogP contribution in [0.2, 0.25) is 0 Å². The molecule has 1 rings (SSSR count). The van der Waals surface area contributed by atoms with Crippen LogP contribution in [0.4, 0.5) is 9.18 Å². The smallest absolute Gasteiger partial charge is 0.315 e. The summed E-state index contributed by atoms with van der Waals surface area (Å²) in [5.74, 6) is -0.214. The molecular formula is C14H21FN2O2. The van der Waals surface area contributed by atoms with E-state index >= 15 is 0 Å². The highest BCUT2D eigenvalue weighted by atomic mass is 19.1. The van der Waals surface area contributed by atoms with Gasteiger partial charge < -0.3 is 15.7 Å². The van der Waals surface area contributed by atoms with Crippen LogP contribution in [0.1, 0.15) is 25.8 Å². The molecule has 0 aliphatic heterocycles. The van der Waals surface area contributed by atoms with E-state index in [1.807, 2.05) is 13.8 Å². The van der Waals surface area contributed by atoms with E-state index in [1.54, 1.807) is 18.2 Å². The lowest BCUT2D eigenvalue weighted by atomic mass is 10.0. The number of halogens is 1. The van der Waals surface area contributed by atoms with Crippen LogP contribution in [0, 0.1) is 11.7 Å². The van der Waals surface area contributed by atoms with Crippen molar-refractivity contribution in [2.24, 2.45) is 5.92 Å². The van der Waals surface area contributed by atoms with Crippen molar-refractivity contribution in [3.8, 4) is 0 Å². The fraction of sp³-hybridized carbons (Fsp3) is 0.500. The molecule has 0 aliphatic rings. The number of rotatable bonds is 6. The maximum absolute atomic E-state index is 13.3. The summed E-state index contributed by atoms with van der Waals surface area (Å²) in [6.45, 7) is 4.21. The number of benzene rings is 1. The van der Waals surface area contributed by atoms with Crippen LogP contribution in [0.3, 0.4) is 0 Å². The number of aliphatic hydroxyl groups is 1. The summed E-state index contributed by atoms with van der Waals surface area (Å²) in [6, 6.07) is 5.86. The van der Waals surface area contributed by atoms with Gasteiger partial charge >= 0.3 is 6.03 Å². The molecule has 4 nitrogen and oxygen atoms in total. The molecule has 0 saturated carbocycles. The highest BCUT2D eigenvalue weighted by Crippen LogP contribution is 2.06. The first-order valence-electron chi connectivity index (χ1n) is 6.47. The summed E-state index contributed by atoms with van der Waals surface area (Å²) in [4.78, 5) is 11.5. The van der Waals surface area contributed by atoms with Crippen LogP contribution in [0.5, 0.6) is 0 Å². The molecule has 2 atom stereocenters. The number of carbonyl (C=O) groups excluding carboxylic acids is 1. The molecule has 0 heterocycles. The molecule has 106 valence electrons. The van der Waals surface area contributed by atoms with Gasteiger partial charge in [-0.2, -0.15) is 0 Å². The summed E-state index contributed by atoms with van der Waals surface area (Å²) in [5, 5.41) is 14.8. The molecule has 5 heteroatoms. The zero-order valence-electron chi connectivity index (χ0n) is 11.3. The first kappa shape index (κ1) is 15.4. The monoisotopic (exact) mass is 268 g/mol. The Hall–Kier alpha value is -1.62. The third-order valence-corrected chi connectivity index (χ3v) is 3.17. The predicted octanol–water partition coefficient (Wildman–Crippen LogP) is 2.03. The first-order valence-corrected chi connectivity index (χ1v) is 6.47. The maximum atomic E-state index is 13.3. The van der Waals surface area contributed by atoms with Gasteiger partial charge in [0.25, 0.3) is 0 Å². The summed E-state index contributed by atoms with van der Waals surface area (Å²) < 4.78 is 13.3. The van der Waals surface area contributed by atoms with Crippen molar-refractivity contribution in [2.75, 3.05) is 6.54 Å². The third-order valence-electron chi connectivity index (χ3n) is 3.17. The predicted molar refractivity (Wildman–Crippen MR) is 72.1 cm³/mol. The number of urea groups is 1. The zero-order chi connectivity index (χ0) is 14.3. The standard InChI is InChI=1S/C14H21FN2O2/c1-3-10(2)13(18)9-17-14(19)16-8-11-6-4-5-7-12(11)15/h4-7,10,13,18H,3,8-9H2,1-2H3,(H2,16,17,19). The summed E-state index contributed by atoms with van der Waals surface area (Å²) >= 11 is 0. The first-order chi connectivity index (χ1) is 9.04. The van der Waals surface area contributed by atoms with Gasteiger partial charge in [0.1, 0.15) is 5.82 Å². The maximum Gasteiger partial charge on any atom is 0.315 e. The van der Waals surface area contributed by atoms with Gasteiger partial charge in [0.2, 0.25) is 0 Å². The average molecular weight is 268 g/mol. The van der Waals surface area contributed by atoms with Crippen LogP contribution in [-0.2, 0) is 6.54 Å². The Morgan fingerprint density at radius 1 is 1.37 bits per heavy atom. The molecule has 1 aromatic carbocycles. The Labute approximate surface area is 113 Å². The summed E-state index contributed by atoms with van der Waals surface area (Å²) in [5.41, 5.74) is 0.431. The lowest BCUT2D eigenvalue weighted by Gasteiger charge is -2.17. The van der Waals surface area contributed by atoms with E-state index < -0.39 is 12.1 Å². The van der Waals surface area contributed by atoms with Gasteiger partial charge in [0.05, 0.1) is 6.10 Å². The van der Waals surface area contributed by atoms with Crippen LogP contribution < -0.4 is 10.6 Å². The third kappa shape index (κ3) is 5.26. The fourth-order valence-electron chi connectivity index (χ4n) is 1.55. The molecule has 3 N–H and O–H groups in total. The molecule has 0 aromatic heterocycles. The van der Waals surface area contributed by atoms with Crippen molar-refractivity contribution < 1.29 is 14.3 Å². The Morgan fingerprint density at radius 2 is 2.05 bits per heavy atom. The second-order valence-corrected chi connectivity index (χ2v) is 4.61. The van der Waals surface area contributed by atoms with Crippen molar-refractivity contribution in [3.63, 3.8) is 0 Å². The van der Waals surface area contributed by atoms with Crippen molar-refractivity contribution in [1.82, 2.24) is 10.6 Å². The van der Waals surface area contributed by atoms with E-state index in [2.05, 4.69) is 10.6 Å². The second-order valence-electron chi connectivity index (χ2n) is 4.61. The van der Waals surface area contributed by atoms with Crippen LogP contribution in [0.25, 0.3) is 0 Å². The van der Waals surface area contributed by atoms with Crippen molar-refractivity contribution in [3.05, 3.63) is 35.6 Å². The molecule has 2 amide bonds. The van der Waals surface area contributed by atoms with Crippen LogP contribution in [-0.4, -0.2) is 23.8 Å². The lowest BCUT2D eigenvalue weighted by molar-refractivity contribution is 0.114. The zero-order valence-corrected chi connectivity index (χ0v) is 11.3. The molecule has 0 radical (unpaired) electrons. The minimum atomic E-state index is -0.566. The minimum absolute atomic E-state index is 0.123. The normalized spacial score (nSPS) is 13.7. The van der Waals surface area contributed by atoms with Gasteiger partial charge in [-0.05, 0) is 12.0 Å².